The Morgan fingerprint density at radius 3 is 2.28 bits per heavy atom. The molecule has 0 radical (unpaired) electrons. The molecule has 0 bridgehead atoms. The Balaban J connectivity index is 0.00000500. The Bertz CT molecular complexity index is 1770. The normalized spacial score (nSPS) is 12.8. The molecule has 2 N–H and O–H groups in total. The minimum Gasteiger partial charge on any atom is -0.550 e. The number of benzene rings is 3. The van der Waals surface area contributed by atoms with Gasteiger partial charge in [-0.15, -0.1) is 0 Å². The summed E-state index contributed by atoms with van der Waals surface area (Å²) in [6, 6.07) is 15.7. The van der Waals surface area contributed by atoms with Crippen LogP contribution in [0.2, 0.25) is 5.02 Å². The Hall–Kier alpha value is -3.26. The van der Waals surface area contributed by atoms with Crippen molar-refractivity contribution in [3.8, 4) is 23.0 Å². The first-order valence-electron chi connectivity index (χ1n) is 14.8. The topological polar surface area (TPSA) is 139 Å². The van der Waals surface area contributed by atoms with Crippen LogP contribution in [0.15, 0.2) is 66.9 Å². The van der Waals surface area contributed by atoms with Crippen molar-refractivity contribution in [3.05, 3.63) is 77.7 Å². The van der Waals surface area contributed by atoms with Crippen LogP contribution in [0.5, 0.6) is 23.0 Å². The SMILES string of the molecule is COc1cc2c(Oc3ccc(NC(=O)C4(C(=O)Nc5cccc(Cl)c5)CC4)cc3F)ccnc2cc1OCCCCCCC(=O)[O-].[K+]. The molecule has 1 aromatic heterocycles. The number of amides is 2. The predicted molar refractivity (Wildman–Crippen MR) is 169 cm³/mol. The van der Waals surface area contributed by atoms with Crippen LogP contribution in [0.1, 0.15) is 44.9 Å². The molecule has 0 saturated heterocycles. The second-order valence-electron chi connectivity index (χ2n) is 11.0. The molecule has 0 unspecified atom stereocenters. The van der Waals surface area contributed by atoms with Gasteiger partial charge in [0.15, 0.2) is 23.1 Å². The first kappa shape index (κ1) is 36.6. The molecule has 1 aliphatic carbocycles. The molecule has 1 aliphatic rings. The van der Waals surface area contributed by atoms with Crippen LogP contribution in [0, 0.1) is 11.2 Å². The number of rotatable bonds is 15. The number of ether oxygens (including phenoxy) is 3. The van der Waals surface area contributed by atoms with Crippen LogP contribution in [0.4, 0.5) is 15.8 Å². The Kier molecular flexibility index (Phi) is 13.0. The van der Waals surface area contributed by atoms with Crippen LogP contribution in [0.25, 0.3) is 10.9 Å². The van der Waals surface area contributed by atoms with Crippen molar-refractivity contribution in [2.45, 2.75) is 44.9 Å². The van der Waals surface area contributed by atoms with Gasteiger partial charge in [0.25, 0.3) is 0 Å². The number of carboxylic acids is 1. The third-order valence-corrected chi connectivity index (χ3v) is 7.87. The first-order valence-corrected chi connectivity index (χ1v) is 15.2. The number of aliphatic carboxylic acids is 1. The van der Waals surface area contributed by atoms with Gasteiger partial charge in [0.2, 0.25) is 11.8 Å². The zero-order valence-corrected chi connectivity index (χ0v) is 29.9. The number of anilines is 2. The number of halogens is 2. The molecule has 13 heteroatoms. The number of nitrogens with one attached hydrogen (secondary N) is 2. The van der Waals surface area contributed by atoms with E-state index in [2.05, 4.69) is 15.6 Å². The van der Waals surface area contributed by atoms with Crippen molar-refractivity contribution in [2.24, 2.45) is 5.41 Å². The van der Waals surface area contributed by atoms with Gasteiger partial charge in [-0.1, -0.05) is 30.5 Å². The molecule has 1 fully saturated rings. The third kappa shape index (κ3) is 9.43. The van der Waals surface area contributed by atoms with E-state index in [9.17, 15) is 19.5 Å². The number of unbranched alkanes of at least 4 members (excludes halogenated alkanes) is 3. The number of hydrogen-bond acceptors (Lipinski definition) is 8. The van der Waals surface area contributed by atoms with Gasteiger partial charge in [0, 0.05) is 46.1 Å². The Morgan fingerprint density at radius 1 is 0.894 bits per heavy atom. The molecule has 2 amide bonds. The van der Waals surface area contributed by atoms with Gasteiger partial charge in [-0.25, -0.2) is 4.39 Å². The standard InChI is InChI=1S/C34H33ClFN3O7.K/c1-44-29-19-24-26(20-30(29)45-16-5-3-2-4-9-31(40)41)37-15-12-27(24)46-28-11-10-23(18-25(28)36)39-33(43)34(13-14-34)32(42)38-22-8-6-7-21(35)17-22;/h6-8,10-12,15,17-20H,2-5,9,13-14,16H2,1H3,(H,38,42)(H,39,43)(H,40,41);/q;+1/p-1. The number of aromatic nitrogens is 1. The fraction of sp³-hybridized carbons (Fsp3) is 0.294. The number of methoxy groups -OCH3 is 1. The third-order valence-electron chi connectivity index (χ3n) is 7.63. The van der Waals surface area contributed by atoms with Crippen molar-refractivity contribution >= 4 is 51.7 Å². The van der Waals surface area contributed by atoms with Gasteiger partial charge in [-0.05, 0) is 74.6 Å². The van der Waals surface area contributed by atoms with Gasteiger partial charge < -0.3 is 34.7 Å². The molecule has 47 heavy (non-hydrogen) atoms. The van der Waals surface area contributed by atoms with Crippen molar-refractivity contribution < 1.29 is 89.5 Å². The number of pyridine rings is 1. The van der Waals surface area contributed by atoms with E-state index < -0.39 is 29.0 Å². The maximum absolute atomic E-state index is 15.2. The summed E-state index contributed by atoms with van der Waals surface area (Å²) in [7, 11) is 1.50. The molecule has 1 heterocycles. The van der Waals surface area contributed by atoms with E-state index in [0.717, 1.165) is 25.3 Å². The maximum Gasteiger partial charge on any atom is 1.00 e. The largest absolute Gasteiger partial charge is 1.00 e. The van der Waals surface area contributed by atoms with E-state index >= 15 is 4.39 Å². The predicted octanol–water partition coefficient (Wildman–Crippen LogP) is 3.27. The molecule has 1 saturated carbocycles. The summed E-state index contributed by atoms with van der Waals surface area (Å²) in [5, 5.41) is 16.9. The summed E-state index contributed by atoms with van der Waals surface area (Å²) in [6.07, 6.45) is 5.19. The van der Waals surface area contributed by atoms with Gasteiger partial charge in [-0.2, -0.15) is 0 Å². The smallest absolute Gasteiger partial charge is 0.550 e. The molecule has 0 aliphatic heterocycles. The van der Waals surface area contributed by atoms with Crippen molar-refractivity contribution in [1.29, 1.82) is 0 Å². The van der Waals surface area contributed by atoms with E-state index in [1.165, 1.54) is 25.4 Å². The first-order chi connectivity index (χ1) is 22.2. The van der Waals surface area contributed by atoms with Crippen LogP contribution < -0.4 is 81.3 Å². The number of fused-ring (bicyclic) bond motifs is 1. The Labute approximate surface area is 318 Å². The number of carbonyl (C=O) groups is 3. The van der Waals surface area contributed by atoms with E-state index in [0.29, 0.717) is 64.7 Å². The average Bonchev–Trinajstić information content (AvgIpc) is 3.84. The number of nitrogens with zero attached hydrogens (tertiary/aromatic N) is 1. The molecular formula is C34H32ClFKN3O7. The van der Waals surface area contributed by atoms with Crippen molar-refractivity contribution in [3.63, 3.8) is 0 Å². The van der Waals surface area contributed by atoms with Gasteiger partial charge in [-0.3, -0.25) is 14.6 Å². The minimum absolute atomic E-state index is 0. The second kappa shape index (κ2) is 16.7. The zero-order chi connectivity index (χ0) is 32.7. The fourth-order valence-corrected chi connectivity index (χ4v) is 5.12. The van der Waals surface area contributed by atoms with Crippen LogP contribution >= 0.6 is 11.6 Å². The zero-order valence-electron chi connectivity index (χ0n) is 26.1. The molecule has 240 valence electrons. The van der Waals surface area contributed by atoms with Crippen LogP contribution in [-0.4, -0.2) is 36.5 Å². The van der Waals surface area contributed by atoms with E-state index in [1.807, 2.05) is 0 Å². The molecule has 0 atom stereocenters. The average molecular weight is 688 g/mol. The van der Waals surface area contributed by atoms with Crippen molar-refractivity contribution in [1.82, 2.24) is 4.98 Å². The molecule has 0 spiro atoms. The molecule has 10 nitrogen and oxygen atoms in total. The molecule has 5 rings (SSSR count). The van der Waals surface area contributed by atoms with Crippen LogP contribution in [0.3, 0.4) is 0 Å². The number of carboxylic acid groups (broad SMARTS) is 1. The number of hydrogen-bond donors (Lipinski definition) is 2. The monoisotopic (exact) mass is 687 g/mol. The second-order valence-corrected chi connectivity index (χ2v) is 11.4. The summed E-state index contributed by atoms with van der Waals surface area (Å²) in [4.78, 5) is 40.9. The summed E-state index contributed by atoms with van der Waals surface area (Å²) in [5.41, 5.74) is -0.0455. The molecular weight excluding hydrogens is 656 g/mol. The minimum atomic E-state index is -1.24. The van der Waals surface area contributed by atoms with Crippen LogP contribution in [-0.2, 0) is 14.4 Å². The molecule has 3 aromatic carbocycles. The van der Waals surface area contributed by atoms with E-state index in [-0.39, 0.29) is 69.2 Å². The number of carbonyl (C=O) groups excluding carboxylic acids is 3. The van der Waals surface area contributed by atoms with Crippen molar-refractivity contribution in [2.75, 3.05) is 24.4 Å². The van der Waals surface area contributed by atoms with E-state index in [1.54, 1.807) is 42.5 Å². The van der Waals surface area contributed by atoms with E-state index in [4.69, 9.17) is 25.8 Å². The summed E-state index contributed by atoms with van der Waals surface area (Å²) < 4.78 is 32.6. The maximum atomic E-state index is 15.2. The molecule has 4 aromatic rings. The van der Waals surface area contributed by atoms with Gasteiger partial charge >= 0.3 is 51.4 Å². The summed E-state index contributed by atoms with van der Waals surface area (Å²) in [5.74, 6) is -1.58. The van der Waals surface area contributed by atoms with Gasteiger partial charge in [0.05, 0.1) is 19.2 Å². The van der Waals surface area contributed by atoms with Gasteiger partial charge in [0.1, 0.15) is 11.2 Å². The summed E-state index contributed by atoms with van der Waals surface area (Å²) >= 11 is 5.99. The fourth-order valence-electron chi connectivity index (χ4n) is 4.93. The summed E-state index contributed by atoms with van der Waals surface area (Å²) in [6.45, 7) is 0.408. The quantitative estimate of drug-likeness (QED) is 0.110. The Morgan fingerprint density at radius 2 is 1.62 bits per heavy atom.